The van der Waals surface area contributed by atoms with Gasteiger partial charge in [0.2, 0.25) is 0 Å². The molecule has 18 heavy (non-hydrogen) atoms. The van der Waals surface area contributed by atoms with Crippen LogP contribution in [0.4, 0.5) is 0 Å². The molecular weight excluding hydrogens is 244 g/mol. The summed E-state index contributed by atoms with van der Waals surface area (Å²) >= 11 is 1.76. The standard InChI is InChI=1S/C14H20N2OS/c1-3-16(10-12-6-4-8-17-12)14(11(2)15)13-7-5-9-18-13/h4-9,11,14H,3,10,15H2,1-2H3. The second-order valence-electron chi connectivity index (χ2n) is 4.46. The Morgan fingerprint density at radius 2 is 2.22 bits per heavy atom. The van der Waals surface area contributed by atoms with Crippen LogP contribution in [0, 0.1) is 0 Å². The van der Waals surface area contributed by atoms with E-state index in [4.69, 9.17) is 10.2 Å². The van der Waals surface area contributed by atoms with E-state index in [2.05, 4.69) is 36.3 Å². The third-order valence-corrected chi connectivity index (χ3v) is 4.01. The molecule has 98 valence electrons. The van der Waals surface area contributed by atoms with E-state index in [-0.39, 0.29) is 12.1 Å². The largest absolute Gasteiger partial charge is 0.468 e. The van der Waals surface area contributed by atoms with E-state index in [1.165, 1.54) is 4.88 Å². The van der Waals surface area contributed by atoms with Crippen molar-refractivity contribution in [3.8, 4) is 0 Å². The first-order valence-electron chi connectivity index (χ1n) is 6.27. The van der Waals surface area contributed by atoms with E-state index in [0.29, 0.717) is 0 Å². The van der Waals surface area contributed by atoms with Crippen molar-refractivity contribution in [1.29, 1.82) is 0 Å². The van der Waals surface area contributed by atoms with Crippen LogP contribution in [0.3, 0.4) is 0 Å². The third-order valence-electron chi connectivity index (χ3n) is 3.07. The number of nitrogens with two attached hydrogens (primary N) is 1. The van der Waals surface area contributed by atoms with Crippen LogP contribution in [0.1, 0.15) is 30.5 Å². The molecule has 0 amide bonds. The number of furan rings is 1. The van der Waals surface area contributed by atoms with E-state index in [0.717, 1.165) is 18.8 Å². The maximum Gasteiger partial charge on any atom is 0.117 e. The Morgan fingerprint density at radius 1 is 1.39 bits per heavy atom. The summed E-state index contributed by atoms with van der Waals surface area (Å²) in [7, 11) is 0. The molecule has 3 nitrogen and oxygen atoms in total. The first kappa shape index (κ1) is 13.3. The Labute approximate surface area is 112 Å². The molecule has 2 heterocycles. The molecule has 4 heteroatoms. The lowest BCUT2D eigenvalue weighted by molar-refractivity contribution is 0.167. The number of hydrogen-bond acceptors (Lipinski definition) is 4. The topological polar surface area (TPSA) is 42.4 Å². The van der Waals surface area contributed by atoms with Gasteiger partial charge < -0.3 is 10.2 Å². The highest BCUT2D eigenvalue weighted by molar-refractivity contribution is 7.10. The lowest BCUT2D eigenvalue weighted by Crippen LogP contribution is -2.38. The average molecular weight is 264 g/mol. The molecule has 0 spiro atoms. The Balaban J connectivity index is 2.17. The smallest absolute Gasteiger partial charge is 0.117 e. The van der Waals surface area contributed by atoms with Gasteiger partial charge in [0.1, 0.15) is 5.76 Å². The molecular formula is C14H20N2OS. The summed E-state index contributed by atoms with van der Waals surface area (Å²) < 4.78 is 5.43. The fourth-order valence-electron chi connectivity index (χ4n) is 2.24. The molecule has 0 saturated carbocycles. The Morgan fingerprint density at radius 3 is 2.72 bits per heavy atom. The van der Waals surface area contributed by atoms with Gasteiger partial charge in [0.15, 0.2) is 0 Å². The minimum Gasteiger partial charge on any atom is -0.468 e. The summed E-state index contributed by atoms with van der Waals surface area (Å²) in [4.78, 5) is 3.67. The maximum atomic E-state index is 6.17. The molecule has 2 rings (SSSR count). The van der Waals surface area contributed by atoms with Crippen molar-refractivity contribution in [3.63, 3.8) is 0 Å². The van der Waals surface area contributed by atoms with Gasteiger partial charge in [-0.3, -0.25) is 4.90 Å². The van der Waals surface area contributed by atoms with Crippen LogP contribution in [-0.2, 0) is 6.54 Å². The van der Waals surface area contributed by atoms with E-state index >= 15 is 0 Å². The molecule has 2 unspecified atom stereocenters. The Bertz CT molecular complexity index is 436. The van der Waals surface area contributed by atoms with Gasteiger partial charge in [-0.25, -0.2) is 0 Å². The van der Waals surface area contributed by atoms with Gasteiger partial charge >= 0.3 is 0 Å². The van der Waals surface area contributed by atoms with E-state index in [9.17, 15) is 0 Å². The van der Waals surface area contributed by atoms with Crippen LogP contribution in [0.2, 0.25) is 0 Å². The highest BCUT2D eigenvalue weighted by Gasteiger charge is 2.24. The molecule has 0 bridgehead atoms. The van der Waals surface area contributed by atoms with Gasteiger partial charge in [0.05, 0.1) is 18.8 Å². The summed E-state index contributed by atoms with van der Waals surface area (Å²) in [5.41, 5.74) is 6.17. The quantitative estimate of drug-likeness (QED) is 0.871. The van der Waals surface area contributed by atoms with Gasteiger partial charge in [0.25, 0.3) is 0 Å². The molecule has 0 aliphatic rings. The predicted molar refractivity (Wildman–Crippen MR) is 75.5 cm³/mol. The van der Waals surface area contributed by atoms with Crippen molar-refractivity contribution in [1.82, 2.24) is 4.90 Å². The van der Waals surface area contributed by atoms with E-state index in [1.807, 2.05) is 12.1 Å². The van der Waals surface area contributed by atoms with Gasteiger partial charge in [-0.2, -0.15) is 0 Å². The number of nitrogens with zero attached hydrogens (tertiary/aromatic N) is 1. The molecule has 0 aliphatic heterocycles. The van der Waals surface area contributed by atoms with Crippen molar-refractivity contribution in [2.75, 3.05) is 6.54 Å². The summed E-state index contributed by atoms with van der Waals surface area (Å²) in [5, 5.41) is 2.10. The van der Waals surface area contributed by atoms with Gasteiger partial charge in [-0.05, 0) is 37.0 Å². The zero-order chi connectivity index (χ0) is 13.0. The number of thiophene rings is 1. The Hall–Kier alpha value is -1.10. The second kappa shape index (κ2) is 6.18. The third kappa shape index (κ3) is 3.02. The van der Waals surface area contributed by atoms with Crippen molar-refractivity contribution in [3.05, 3.63) is 46.5 Å². The molecule has 0 radical (unpaired) electrons. The van der Waals surface area contributed by atoms with Crippen molar-refractivity contribution >= 4 is 11.3 Å². The Kier molecular flexibility index (Phi) is 4.58. The number of hydrogen-bond donors (Lipinski definition) is 1. The molecule has 2 N–H and O–H groups in total. The molecule has 2 aromatic rings. The minimum absolute atomic E-state index is 0.0959. The molecule has 0 fully saturated rings. The van der Waals surface area contributed by atoms with Crippen LogP contribution in [0.15, 0.2) is 40.3 Å². The minimum atomic E-state index is 0.0959. The summed E-state index contributed by atoms with van der Waals surface area (Å²) in [5.74, 6) is 0.985. The van der Waals surface area contributed by atoms with E-state index < -0.39 is 0 Å². The molecule has 0 aromatic carbocycles. The highest BCUT2D eigenvalue weighted by Crippen LogP contribution is 2.28. The summed E-state index contributed by atoms with van der Waals surface area (Å²) in [6.45, 7) is 5.97. The monoisotopic (exact) mass is 264 g/mol. The first-order valence-corrected chi connectivity index (χ1v) is 7.15. The lowest BCUT2D eigenvalue weighted by Gasteiger charge is -2.32. The molecule has 2 aromatic heterocycles. The molecule has 0 saturated heterocycles. The van der Waals surface area contributed by atoms with E-state index in [1.54, 1.807) is 17.6 Å². The second-order valence-corrected chi connectivity index (χ2v) is 5.44. The van der Waals surface area contributed by atoms with Gasteiger partial charge in [0, 0.05) is 10.9 Å². The first-order chi connectivity index (χ1) is 8.72. The van der Waals surface area contributed by atoms with Crippen molar-refractivity contribution in [2.24, 2.45) is 5.73 Å². The maximum absolute atomic E-state index is 6.17. The lowest BCUT2D eigenvalue weighted by atomic mass is 10.1. The normalized spacial score (nSPS) is 14.9. The zero-order valence-corrected chi connectivity index (χ0v) is 11.7. The average Bonchev–Trinajstić information content (AvgIpc) is 3.00. The molecule has 2 atom stereocenters. The van der Waals surface area contributed by atoms with Crippen LogP contribution >= 0.6 is 11.3 Å². The van der Waals surface area contributed by atoms with Crippen molar-refractivity contribution in [2.45, 2.75) is 32.5 Å². The van der Waals surface area contributed by atoms with Crippen LogP contribution in [0.5, 0.6) is 0 Å². The van der Waals surface area contributed by atoms with Crippen LogP contribution in [0.25, 0.3) is 0 Å². The van der Waals surface area contributed by atoms with Crippen LogP contribution in [-0.4, -0.2) is 17.5 Å². The van der Waals surface area contributed by atoms with Gasteiger partial charge in [-0.1, -0.05) is 13.0 Å². The highest BCUT2D eigenvalue weighted by atomic mass is 32.1. The fourth-order valence-corrected chi connectivity index (χ4v) is 3.22. The SMILES string of the molecule is CCN(Cc1ccco1)C(c1cccs1)C(C)N. The summed E-state index contributed by atoms with van der Waals surface area (Å²) in [6.07, 6.45) is 1.72. The summed E-state index contributed by atoms with van der Waals surface area (Å²) in [6, 6.07) is 8.52. The molecule has 0 aliphatic carbocycles. The predicted octanol–water partition coefficient (Wildman–Crippen LogP) is 3.25. The van der Waals surface area contributed by atoms with Crippen molar-refractivity contribution < 1.29 is 4.42 Å². The van der Waals surface area contributed by atoms with Gasteiger partial charge in [-0.15, -0.1) is 11.3 Å². The zero-order valence-electron chi connectivity index (χ0n) is 10.9. The fraction of sp³-hybridized carbons (Fsp3) is 0.429. The number of likely N-dealkylation sites (N-methyl/N-ethyl adjacent to an activating group) is 1. The number of rotatable bonds is 6. The van der Waals surface area contributed by atoms with Crippen LogP contribution < -0.4 is 5.73 Å².